The molecular formula is C18H13F2N3O4S. The van der Waals surface area contributed by atoms with Crippen molar-refractivity contribution in [3.8, 4) is 5.75 Å². The Morgan fingerprint density at radius 3 is 2.75 bits per heavy atom. The van der Waals surface area contributed by atoms with Crippen LogP contribution in [0.5, 0.6) is 5.75 Å². The smallest absolute Gasteiger partial charge is 0.311 e. The maximum Gasteiger partial charge on any atom is 0.311 e. The van der Waals surface area contributed by atoms with Crippen LogP contribution in [0, 0.1) is 21.7 Å². The number of halogens is 2. The number of benzene rings is 2. The highest BCUT2D eigenvalue weighted by Crippen LogP contribution is 2.28. The third-order valence-corrected chi connectivity index (χ3v) is 4.70. The summed E-state index contributed by atoms with van der Waals surface area (Å²) in [6.45, 7) is 0. The zero-order valence-electron chi connectivity index (χ0n) is 14.4. The molecule has 0 radical (unpaired) electrons. The van der Waals surface area contributed by atoms with Gasteiger partial charge in [0.2, 0.25) is 0 Å². The van der Waals surface area contributed by atoms with E-state index in [0.29, 0.717) is 10.4 Å². The van der Waals surface area contributed by atoms with Gasteiger partial charge >= 0.3 is 5.69 Å². The fraction of sp³-hybridized carbons (Fsp3) is 0.111. The summed E-state index contributed by atoms with van der Waals surface area (Å²) in [5.41, 5.74) is 0.0318. The predicted molar refractivity (Wildman–Crippen MR) is 98.9 cm³/mol. The quantitative estimate of drug-likeness (QED) is 0.490. The molecule has 2 aromatic carbocycles. The number of methoxy groups -OCH3 is 1. The Morgan fingerprint density at radius 2 is 2.07 bits per heavy atom. The lowest BCUT2D eigenvalue weighted by atomic mass is 10.1. The number of carbonyl (C=O) groups excluding carboxylic acids is 1. The van der Waals surface area contributed by atoms with E-state index in [4.69, 9.17) is 4.74 Å². The van der Waals surface area contributed by atoms with Crippen molar-refractivity contribution in [1.29, 1.82) is 0 Å². The second-order valence-corrected chi connectivity index (χ2v) is 6.76. The molecular weight excluding hydrogens is 392 g/mol. The van der Waals surface area contributed by atoms with Crippen molar-refractivity contribution in [3.05, 3.63) is 80.3 Å². The van der Waals surface area contributed by atoms with Crippen LogP contribution in [0.2, 0.25) is 0 Å². The van der Waals surface area contributed by atoms with Gasteiger partial charge in [-0.15, -0.1) is 11.3 Å². The molecule has 1 N–H and O–H groups in total. The van der Waals surface area contributed by atoms with Gasteiger partial charge in [-0.05, 0) is 23.8 Å². The van der Waals surface area contributed by atoms with Crippen LogP contribution in [-0.4, -0.2) is 22.9 Å². The summed E-state index contributed by atoms with van der Waals surface area (Å²) in [4.78, 5) is 27.5. The zero-order chi connectivity index (χ0) is 20.3. The lowest BCUT2D eigenvalue weighted by Crippen LogP contribution is -2.12. The Hall–Kier alpha value is -3.40. The molecule has 144 valence electrons. The van der Waals surface area contributed by atoms with Gasteiger partial charge in [0.1, 0.15) is 11.6 Å². The summed E-state index contributed by atoms with van der Waals surface area (Å²) in [7, 11) is 1.29. The summed E-state index contributed by atoms with van der Waals surface area (Å²) in [6.07, 6.45) is 1.66. The first kappa shape index (κ1) is 19.4. The largest absolute Gasteiger partial charge is 0.490 e. The van der Waals surface area contributed by atoms with Crippen molar-refractivity contribution < 1.29 is 23.2 Å². The number of rotatable bonds is 6. The minimum atomic E-state index is -0.662. The molecule has 0 unspecified atom stereocenters. The molecule has 0 spiro atoms. The first-order valence-electron chi connectivity index (χ1n) is 7.90. The summed E-state index contributed by atoms with van der Waals surface area (Å²) in [6, 6.07) is 7.14. The third kappa shape index (κ3) is 4.29. The fourth-order valence-electron chi connectivity index (χ4n) is 2.44. The van der Waals surface area contributed by atoms with Gasteiger partial charge in [0.25, 0.3) is 5.91 Å². The van der Waals surface area contributed by atoms with E-state index in [9.17, 15) is 23.7 Å². The van der Waals surface area contributed by atoms with Crippen molar-refractivity contribution in [3.63, 3.8) is 0 Å². The maximum atomic E-state index is 13.7. The molecule has 3 aromatic rings. The fourth-order valence-corrected chi connectivity index (χ4v) is 3.27. The van der Waals surface area contributed by atoms with E-state index in [1.807, 2.05) is 0 Å². The standard InChI is InChI=1S/C18H13F2N3O4S/c1-27-16-5-3-11(7-15(16)23(25)26)17(24)22-18-21-9-13(28-18)6-10-2-4-12(19)8-14(10)20/h2-5,7-9H,6H2,1H3,(H,21,22,24). The topological polar surface area (TPSA) is 94.4 Å². The van der Waals surface area contributed by atoms with Crippen LogP contribution in [0.3, 0.4) is 0 Å². The molecule has 0 bridgehead atoms. The zero-order valence-corrected chi connectivity index (χ0v) is 15.3. The van der Waals surface area contributed by atoms with Gasteiger partial charge in [0, 0.05) is 35.2 Å². The number of aromatic nitrogens is 1. The third-order valence-electron chi connectivity index (χ3n) is 3.79. The number of nitrogens with zero attached hydrogens (tertiary/aromatic N) is 2. The van der Waals surface area contributed by atoms with Crippen molar-refractivity contribution in [1.82, 2.24) is 4.98 Å². The molecule has 0 atom stereocenters. The molecule has 0 saturated carbocycles. The van der Waals surface area contributed by atoms with E-state index in [0.717, 1.165) is 23.5 Å². The average Bonchev–Trinajstić information content (AvgIpc) is 3.10. The number of nitro benzene ring substituents is 1. The van der Waals surface area contributed by atoms with Crippen LogP contribution >= 0.6 is 11.3 Å². The second kappa shape index (κ2) is 8.09. The number of ether oxygens (including phenoxy) is 1. The highest BCUT2D eigenvalue weighted by molar-refractivity contribution is 7.15. The summed E-state index contributed by atoms with van der Waals surface area (Å²) in [5.74, 6) is -1.87. The Labute approximate surface area is 161 Å². The second-order valence-electron chi connectivity index (χ2n) is 5.64. The average molecular weight is 405 g/mol. The van der Waals surface area contributed by atoms with E-state index in [1.165, 1.54) is 37.6 Å². The molecule has 0 saturated heterocycles. The minimum absolute atomic E-state index is 0.0411. The van der Waals surface area contributed by atoms with Crippen molar-refractivity contribution >= 4 is 28.1 Å². The molecule has 7 nitrogen and oxygen atoms in total. The number of nitro groups is 1. The first-order chi connectivity index (χ1) is 13.4. The Morgan fingerprint density at radius 1 is 1.29 bits per heavy atom. The van der Waals surface area contributed by atoms with Crippen molar-refractivity contribution in [2.45, 2.75) is 6.42 Å². The molecule has 1 heterocycles. The molecule has 0 aliphatic carbocycles. The highest BCUT2D eigenvalue weighted by atomic mass is 32.1. The summed E-state index contributed by atoms with van der Waals surface area (Å²) < 4.78 is 31.6. The van der Waals surface area contributed by atoms with Crippen LogP contribution in [-0.2, 0) is 6.42 Å². The van der Waals surface area contributed by atoms with E-state index in [2.05, 4.69) is 10.3 Å². The van der Waals surface area contributed by atoms with Gasteiger partial charge in [-0.2, -0.15) is 0 Å². The van der Waals surface area contributed by atoms with Gasteiger partial charge in [0.05, 0.1) is 12.0 Å². The molecule has 0 fully saturated rings. The first-order valence-corrected chi connectivity index (χ1v) is 8.71. The number of hydrogen-bond donors (Lipinski definition) is 1. The Bertz CT molecular complexity index is 1060. The molecule has 0 aliphatic rings. The Kier molecular flexibility index (Phi) is 5.59. The maximum absolute atomic E-state index is 13.7. The van der Waals surface area contributed by atoms with Crippen LogP contribution in [0.1, 0.15) is 20.8 Å². The Balaban J connectivity index is 1.73. The highest BCUT2D eigenvalue weighted by Gasteiger charge is 2.19. The van der Waals surface area contributed by atoms with E-state index in [-0.39, 0.29) is 28.6 Å². The van der Waals surface area contributed by atoms with Crippen molar-refractivity contribution in [2.24, 2.45) is 0 Å². The van der Waals surface area contributed by atoms with Crippen LogP contribution < -0.4 is 10.1 Å². The lowest BCUT2D eigenvalue weighted by Gasteiger charge is -2.05. The van der Waals surface area contributed by atoms with Gasteiger partial charge in [-0.25, -0.2) is 13.8 Å². The van der Waals surface area contributed by atoms with Crippen LogP contribution in [0.4, 0.5) is 19.6 Å². The summed E-state index contributed by atoms with van der Waals surface area (Å²) >= 11 is 1.12. The predicted octanol–water partition coefficient (Wildman–Crippen LogP) is 4.18. The number of thiazole rings is 1. The van der Waals surface area contributed by atoms with Crippen LogP contribution in [0.25, 0.3) is 0 Å². The molecule has 1 aromatic heterocycles. The van der Waals surface area contributed by atoms with Gasteiger partial charge in [0.15, 0.2) is 10.9 Å². The van der Waals surface area contributed by atoms with Gasteiger partial charge in [-0.1, -0.05) is 6.07 Å². The lowest BCUT2D eigenvalue weighted by molar-refractivity contribution is -0.385. The molecule has 1 amide bonds. The molecule has 3 rings (SSSR count). The number of nitrogens with one attached hydrogen (secondary N) is 1. The van der Waals surface area contributed by atoms with E-state index in [1.54, 1.807) is 0 Å². The SMILES string of the molecule is COc1ccc(C(=O)Nc2ncc(Cc3ccc(F)cc3F)s2)cc1[N+](=O)[O-]. The molecule has 10 heteroatoms. The monoisotopic (exact) mass is 405 g/mol. The van der Waals surface area contributed by atoms with Gasteiger partial charge < -0.3 is 4.74 Å². The number of hydrogen-bond acceptors (Lipinski definition) is 6. The molecule has 28 heavy (non-hydrogen) atoms. The molecule has 0 aliphatic heterocycles. The summed E-state index contributed by atoms with van der Waals surface area (Å²) in [5, 5.41) is 13.9. The number of amides is 1. The van der Waals surface area contributed by atoms with E-state index < -0.39 is 22.5 Å². The number of carbonyl (C=O) groups is 1. The number of anilines is 1. The van der Waals surface area contributed by atoms with Gasteiger partial charge in [-0.3, -0.25) is 20.2 Å². The normalized spacial score (nSPS) is 10.5. The van der Waals surface area contributed by atoms with Crippen molar-refractivity contribution in [2.75, 3.05) is 12.4 Å². The van der Waals surface area contributed by atoms with E-state index >= 15 is 0 Å². The minimum Gasteiger partial charge on any atom is -0.490 e. The van der Waals surface area contributed by atoms with Crippen LogP contribution in [0.15, 0.2) is 42.6 Å².